The van der Waals surface area contributed by atoms with Gasteiger partial charge in [-0.1, -0.05) is 12.1 Å². The van der Waals surface area contributed by atoms with Gasteiger partial charge >= 0.3 is 0 Å². The minimum Gasteiger partial charge on any atom is -0.399 e. The Morgan fingerprint density at radius 3 is 3.06 bits per heavy atom. The highest BCUT2D eigenvalue weighted by Gasteiger charge is 2.22. The molecule has 0 bridgehead atoms. The van der Waals surface area contributed by atoms with Gasteiger partial charge in [0.25, 0.3) is 0 Å². The van der Waals surface area contributed by atoms with Crippen LogP contribution in [0.5, 0.6) is 0 Å². The number of hydrogen-bond acceptors (Lipinski definition) is 3. The van der Waals surface area contributed by atoms with Crippen molar-refractivity contribution in [3.63, 3.8) is 0 Å². The van der Waals surface area contributed by atoms with Crippen molar-refractivity contribution in [2.24, 2.45) is 0 Å². The summed E-state index contributed by atoms with van der Waals surface area (Å²) in [6.07, 6.45) is 4.02. The van der Waals surface area contributed by atoms with E-state index in [4.69, 9.17) is 5.73 Å². The fourth-order valence-corrected chi connectivity index (χ4v) is 2.59. The van der Waals surface area contributed by atoms with Gasteiger partial charge in [-0.25, -0.2) is 4.98 Å². The Hall–Kier alpha value is -2.03. The SMILES string of the molecule is Cc1cccnc1NC1CCc2cc(N)ccc21. The lowest BCUT2D eigenvalue weighted by Crippen LogP contribution is -2.09. The fraction of sp³-hybridized carbons (Fsp3) is 0.267. The molecule has 18 heavy (non-hydrogen) atoms. The maximum atomic E-state index is 5.82. The number of nitrogens with one attached hydrogen (secondary N) is 1. The van der Waals surface area contributed by atoms with E-state index in [1.807, 2.05) is 18.3 Å². The predicted molar refractivity (Wildman–Crippen MR) is 74.5 cm³/mol. The van der Waals surface area contributed by atoms with Crippen molar-refractivity contribution in [2.75, 3.05) is 11.1 Å². The molecular weight excluding hydrogens is 222 g/mol. The average molecular weight is 239 g/mol. The Balaban J connectivity index is 1.87. The maximum Gasteiger partial charge on any atom is 0.129 e. The van der Waals surface area contributed by atoms with Crippen LogP contribution in [0.25, 0.3) is 0 Å². The van der Waals surface area contributed by atoms with Crippen molar-refractivity contribution in [3.05, 3.63) is 53.2 Å². The summed E-state index contributed by atoms with van der Waals surface area (Å²) >= 11 is 0. The molecule has 0 saturated carbocycles. The van der Waals surface area contributed by atoms with E-state index in [0.717, 1.165) is 24.3 Å². The molecule has 1 aromatic carbocycles. The molecule has 1 atom stereocenters. The van der Waals surface area contributed by atoms with E-state index in [-0.39, 0.29) is 0 Å². The molecule has 3 rings (SSSR count). The highest BCUT2D eigenvalue weighted by atomic mass is 15.0. The Bertz CT molecular complexity index is 578. The number of aromatic nitrogens is 1. The first-order valence-corrected chi connectivity index (χ1v) is 6.30. The lowest BCUT2D eigenvalue weighted by Gasteiger charge is -2.16. The highest BCUT2D eigenvalue weighted by Crippen LogP contribution is 2.34. The molecule has 2 aromatic rings. The van der Waals surface area contributed by atoms with Gasteiger partial charge in [0, 0.05) is 11.9 Å². The van der Waals surface area contributed by atoms with E-state index in [0.29, 0.717) is 6.04 Å². The van der Waals surface area contributed by atoms with E-state index in [1.165, 1.54) is 16.7 Å². The first-order chi connectivity index (χ1) is 8.74. The fourth-order valence-electron chi connectivity index (χ4n) is 2.59. The Morgan fingerprint density at radius 1 is 1.33 bits per heavy atom. The Kier molecular flexibility index (Phi) is 2.67. The van der Waals surface area contributed by atoms with Crippen LogP contribution >= 0.6 is 0 Å². The van der Waals surface area contributed by atoms with Crippen LogP contribution in [-0.2, 0) is 6.42 Å². The predicted octanol–water partition coefficient (Wildman–Crippen LogP) is 3.07. The second-order valence-electron chi connectivity index (χ2n) is 4.86. The summed E-state index contributed by atoms with van der Waals surface area (Å²) in [5.41, 5.74) is 10.6. The van der Waals surface area contributed by atoms with Gasteiger partial charge in [0.05, 0.1) is 6.04 Å². The zero-order chi connectivity index (χ0) is 12.5. The number of pyridine rings is 1. The molecule has 92 valence electrons. The largest absolute Gasteiger partial charge is 0.399 e. The van der Waals surface area contributed by atoms with Gasteiger partial charge in [-0.15, -0.1) is 0 Å². The molecule has 1 unspecified atom stereocenters. The zero-order valence-electron chi connectivity index (χ0n) is 10.5. The topological polar surface area (TPSA) is 50.9 Å². The van der Waals surface area contributed by atoms with Crippen LogP contribution < -0.4 is 11.1 Å². The quantitative estimate of drug-likeness (QED) is 0.792. The van der Waals surface area contributed by atoms with Gasteiger partial charge in [-0.2, -0.15) is 0 Å². The summed E-state index contributed by atoms with van der Waals surface area (Å²) in [6.45, 7) is 2.08. The molecule has 0 aliphatic heterocycles. The lowest BCUT2D eigenvalue weighted by atomic mass is 10.1. The van der Waals surface area contributed by atoms with Crippen LogP contribution in [0, 0.1) is 6.92 Å². The van der Waals surface area contributed by atoms with E-state index in [1.54, 1.807) is 0 Å². The van der Waals surface area contributed by atoms with Crippen molar-refractivity contribution < 1.29 is 0 Å². The van der Waals surface area contributed by atoms with Crippen molar-refractivity contribution in [1.82, 2.24) is 4.98 Å². The van der Waals surface area contributed by atoms with Crippen LogP contribution in [0.1, 0.15) is 29.2 Å². The normalized spacial score (nSPS) is 17.5. The molecule has 1 aliphatic carbocycles. The third-order valence-corrected chi connectivity index (χ3v) is 3.57. The number of anilines is 2. The summed E-state index contributed by atoms with van der Waals surface area (Å²) in [6, 6.07) is 10.6. The average Bonchev–Trinajstić information content (AvgIpc) is 2.74. The van der Waals surface area contributed by atoms with Crippen LogP contribution in [0.2, 0.25) is 0 Å². The highest BCUT2D eigenvalue weighted by molar-refractivity contribution is 5.52. The van der Waals surface area contributed by atoms with Gasteiger partial charge in [-0.3, -0.25) is 0 Å². The molecule has 1 aromatic heterocycles. The minimum atomic E-state index is 0.356. The van der Waals surface area contributed by atoms with Gasteiger partial charge in [0.1, 0.15) is 5.82 Å². The van der Waals surface area contributed by atoms with E-state index in [9.17, 15) is 0 Å². The van der Waals surface area contributed by atoms with Crippen LogP contribution in [-0.4, -0.2) is 4.98 Å². The second kappa shape index (κ2) is 4.33. The summed E-state index contributed by atoms with van der Waals surface area (Å²) in [4.78, 5) is 4.40. The summed E-state index contributed by atoms with van der Waals surface area (Å²) in [7, 11) is 0. The van der Waals surface area contributed by atoms with Gasteiger partial charge in [-0.05, 0) is 54.7 Å². The molecule has 0 saturated heterocycles. The van der Waals surface area contributed by atoms with Crippen molar-refractivity contribution in [1.29, 1.82) is 0 Å². The monoisotopic (exact) mass is 239 g/mol. The van der Waals surface area contributed by atoms with Crippen molar-refractivity contribution >= 4 is 11.5 Å². The zero-order valence-corrected chi connectivity index (χ0v) is 10.5. The molecule has 3 heteroatoms. The smallest absolute Gasteiger partial charge is 0.129 e. The minimum absolute atomic E-state index is 0.356. The standard InChI is InChI=1S/C15H17N3/c1-10-3-2-8-17-15(10)18-14-7-4-11-9-12(16)5-6-13(11)14/h2-3,5-6,8-9,14H,4,7,16H2,1H3,(H,17,18). The molecule has 0 radical (unpaired) electrons. The van der Waals surface area contributed by atoms with Crippen LogP contribution in [0.3, 0.4) is 0 Å². The number of nitrogen functional groups attached to an aromatic ring is 1. The molecule has 1 aliphatic rings. The third kappa shape index (κ3) is 1.92. The summed E-state index contributed by atoms with van der Waals surface area (Å²) in [5.74, 6) is 0.979. The number of fused-ring (bicyclic) bond motifs is 1. The molecule has 0 amide bonds. The Morgan fingerprint density at radius 2 is 2.22 bits per heavy atom. The van der Waals surface area contributed by atoms with Gasteiger partial charge < -0.3 is 11.1 Å². The lowest BCUT2D eigenvalue weighted by molar-refractivity contribution is 0.756. The van der Waals surface area contributed by atoms with Gasteiger partial charge in [0.15, 0.2) is 0 Å². The first-order valence-electron chi connectivity index (χ1n) is 6.30. The second-order valence-corrected chi connectivity index (χ2v) is 4.86. The number of hydrogen-bond donors (Lipinski definition) is 2. The Labute approximate surface area is 107 Å². The number of nitrogens with zero attached hydrogens (tertiary/aromatic N) is 1. The number of aryl methyl sites for hydroxylation is 2. The third-order valence-electron chi connectivity index (χ3n) is 3.57. The van der Waals surface area contributed by atoms with E-state index in [2.05, 4.69) is 35.4 Å². The first kappa shape index (κ1) is 11.1. The van der Waals surface area contributed by atoms with E-state index >= 15 is 0 Å². The van der Waals surface area contributed by atoms with Crippen LogP contribution in [0.15, 0.2) is 36.5 Å². The molecule has 3 N–H and O–H groups in total. The summed E-state index contributed by atoms with van der Waals surface area (Å²) in [5, 5.41) is 3.53. The number of rotatable bonds is 2. The van der Waals surface area contributed by atoms with E-state index < -0.39 is 0 Å². The molecule has 0 spiro atoms. The number of nitrogens with two attached hydrogens (primary N) is 1. The number of benzene rings is 1. The van der Waals surface area contributed by atoms with Crippen molar-refractivity contribution in [2.45, 2.75) is 25.8 Å². The maximum absolute atomic E-state index is 5.82. The van der Waals surface area contributed by atoms with Crippen molar-refractivity contribution in [3.8, 4) is 0 Å². The molecule has 3 nitrogen and oxygen atoms in total. The van der Waals surface area contributed by atoms with Gasteiger partial charge in [0.2, 0.25) is 0 Å². The summed E-state index contributed by atoms with van der Waals surface area (Å²) < 4.78 is 0. The molecule has 1 heterocycles. The van der Waals surface area contributed by atoms with Crippen LogP contribution in [0.4, 0.5) is 11.5 Å². The molecular formula is C15H17N3. The molecule has 0 fully saturated rings.